The number of nitrogens with one attached hydrogen (secondary N) is 1. The summed E-state index contributed by atoms with van der Waals surface area (Å²) in [5.41, 5.74) is 0.413. The number of hydrogen-bond acceptors (Lipinski definition) is 9. The molecule has 1 aromatic carbocycles. The maximum absolute atomic E-state index is 12.2. The first kappa shape index (κ1) is 23.5. The Bertz CT molecular complexity index is 964. The largest absolute Gasteiger partial charge is 0.369 e. The zero-order chi connectivity index (χ0) is 23.3. The normalized spacial score (nSPS) is 32.8. The third-order valence-electron chi connectivity index (χ3n) is 5.23. The van der Waals surface area contributed by atoms with Crippen molar-refractivity contribution in [1.82, 2.24) is 0 Å². The van der Waals surface area contributed by atoms with Crippen molar-refractivity contribution in [2.24, 2.45) is 5.14 Å². The SMILES string of the molecule is CC1(C)O[C@H]2[C@@H](O1)[C@@H](COCC(=O)Nc1ccc(S(N)(=O)=O)cc1)O[C@H]1OC(C)(C)O[C@@H]12. The van der Waals surface area contributed by atoms with Crippen LogP contribution in [-0.2, 0) is 43.2 Å². The number of nitrogens with two attached hydrogens (primary N) is 1. The molecule has 3 aliphatic heterocycles. The number of carbonyl (C=O) groups excluding carboxylic acids is 1. The van der Waals surface area contributed by atoms with Crippen molar-refractivity contribution in [2.75, 3.05) is 18.5 Å². The van der Waals surface area contributed by atoms with Gasteiger partial charge >= 0.3 is 0 Å². The van der Waals surface area contributed by atoms with Gasteiger partial charge in [0.15, 0.2) is 17.9 Å². The molecular weight excluding hydrogens is 444 g/mol. The fourth-order valence-electron chi connectivity index (χ4n) is 4.02. The summed E-state index contributed by atoms with van der Waals surface area (Å²) in [5.74, 6) is -2.04. The molecule has 0 radical (unpaired) electrons. The number of primary sulfonamides is 1. The number of fused-ring (bicyclic) bond motifs is 3. The minimum Gasteiger partial charge on any atom is -0.369 e. The Morgan fingerprint density at radius 2 is 1.59 bits per heavy atom. The van der Waals surface area contributed by atoms with Gasteiger partial charge in [0.25, 0.3) is 0 Å². The van der Waals surface area contributed by atoms with Gasteiger partial charge in [0.05, 0.1) is 11.5 Å². The van der Waals surface area contributed by atoms with Crippen LogP contribution in [0.5, 0.6) is 0 Å². The summed E-state index contributed by atoms with van der Waals surface area (Å²) in [6, 6.07) is 5.50. The van der Waals surface area contributed by atoms with Crippen LogP contribution in [0.2, 0.25) is 0 Å². The lowest BCUT2D eigenvalue weighted by Gasteiger charge is -2.37. The summed E-state index contributed by atoms with van der Waals surface area (Å²) < 4.78 is 58.0. The molecule has 5 atom stereocenters. The second-order valence-corrected chi connectivity index (χ2v) is 10.4. The monoisotopic (exact) mass is 472 g/mol. The molecule has 0 saturated carbocycles. The molecule has 3 fully saturated rings. The molecule has 4 rings (SSSR count). The highest BCUT2D eigenvalue weighted by atomic mass is 32.2. The van der Waals surface area contributed by atoms with E-state index < -0.39 is 58.2 Å². The van der Waals surface area contributed by atoms with E-state index in [4.69, 9.17) is 33.6 Å². The molecule has 3 saturated heterocycles. The molecular formula is C20H28N2O9S. The summed E-state index contributed by atoms with van der Waals surface area (Å²) in [6.07, 6.45) is -2.44. The van der Waals surface area contributed by atoms with Crippen LogP contribution < -0.4 is 10.5 Å². The Balaban J connectivity index is 1.32. The molecule has 1 aromatic rings. The third-order valence-corrected chi connectivity index (χ3v) is 6.16. The van der Waals surface area contributed by atoms with Crippen LogP contribution in [-0.4, -0.2) is 69.8 Å². The van der Waals surface area contributed by atoms with Gasteiger partial charge < -0.3 is 33.7 Å². The number of carbonyl (C=O) groups is 1. The molecule has 3 aliphatic rings. The summed E-state index contributed by atoms with van der Waals surface area (Å²) >= 11 is 0. The van der Waals surface area contributed by atoms with Gasteiger partial charge in [-0.05, 0) is 52.0 Å². The highest BCUT2D eigenvalue weighted by Crippen LogP contribution is 2.44. The van der Waals surface area contributed by atoms with Crippen molar-refractivity contribution in [1.29, 1.82) is 0 Å². The molecule has 12 heteroatoms. The second-order valence-electron chi connectivity index (χ2n) is 8.84. The van der Waals surface area contributed by atoms with Gasteiger partial charge in [0, 0.05) is 5.69 Å². The zero-order valence-corrected chi connectivity index (χ0v) is 19.1. The molecule has 3 N–H and O–H groups in total. The number of benzene rings is 1. The highest BCUT2D eigenvalue weighted by Gasteiger charge is 2.60. The van der Waals surface area contributed by atoms with Gasteiger partial charge in [-0.15, -0.1) is 0 Å². The predicted octanol–water partition coefficient (Wildman–Crippen LogP) is 0.686. The third kappa shape index (κ3) is 5.13. The quantitative estimate of drug-likeness (QED) is 0.611. The average Bonchev–Trinajstić information content (AvgIpc) is 3.15. The minimum absolute atomic E-state index is 0.0444. The van der Waals surface area contributed by atoms with Crippen LogP contribution >= 0.6 is 0 Å². The fourth-order valence-corrected chi connectivity index (χ4v) is 4.54. The average molecular weight is 473 g/mol. The Labute approximate surface area is 186 Å². The van der Waals surface area contributed by atoms with Crippen LogP contribution in [0.4, 0.5) is 5.69 Å². The molecule has 32 heavy (non-hydrogen) atoms. The number of sulfonamides is 1. The topological polar surface area (TPSA) is 145 Å². The van der Waals surface area contributed by atoms with Gasteiger partial charge in [0.2, 0.25) is 15.9 Å². The standard InChI is InChI=1S/C20H28N2O9S/c1-19(2)28-15-13(27-18-17(16(15)29-19)30-20(3,4)31-18)9-26-10-14(23)22-11-5-7-12(8-6-11)32(21,24)25/h5-8,13,15-18H,9-10H2,1-4H3,(H,22,23)(H2,21,24,25)/t13-,15+,16+,17-,18+/m1/s1. The van der Waals surface area contributed by atoms with Gasteiger partial charge in [-0.25, -0.2) is 13.6 Å². The summed E-state index contributed by atoms with van der Waals surface area (Å²) in [7, 11) is -3.80. The van der Waals surface area contributed by atoms with Gasteiger partial charge in [-0.3, -0.25) is 4.79 Å². The lowest BCUT2D eigenvalue weighted by atomic mass is 9.99. The first-order chi connectivity index (χ1) is 14.8. The van der Waals surface area contributed by atoms with Crippen LogP contribution in [0, 0.1) is 0 Å². The van der Waals surface area contributed by atoms with E-state index in [1.54, 1.807) is 13.8 Å². The smallest absolute Gasteiger partial charge is 0.250 e. The molecule has 0 spiro atoms. The highest BCUT2D eigenvalue weighted by molar-refractivity contribution is 7.89. The molecule has 3 heterocycles. The number of amides is 1. The molecule has 0 aliphatic carbocycles. The van der Waals surface area contributed by atoms with Crippen molar-refractivity contribution < 1.29 is 41.6 Å². The molecule has 0 aromatic heterocycles. The first-order valence-electron chi connectivity index (χ1n) is 10.2. The maximum atomic E-state index is 12.2. The van der Waals surface area contributed by atoms with E-state index in [1.807, 2.05) is 13.8 Å². The molecule has 11 nitrogen and oxygen atoms in total. The Hall–Kier alpha value is -1.64. The molecule has 0 unspecified atom stereocenters. The van der Waals surface area contributed by atoms with E-state index in [0.717, 1.165) is 0 Å². The molecule has 1 amide bonds. The lowest BCUT2D eigenvalue weighted by molar-refractivity contribution is -0.242. The van der Waals surface area contributed by atoms with Crippen LogP contribution in [0.3, 0.4) is 0 Å². The van der Waals surface area contributed by atoms with E-state index in [2.05, 4.69) is 5.32 Å². The van der Waals surface area contributed by atoms with Gasteiger partial charge in [-0.1, -0.05) is 0 Å². The van der Waals surface area contributed by atoms with Gasteiger partial charge in [-0.2, -0.15) is 0 Å². The number of ether oxygens (including phenoxy) is 6. The lowest BCUT2D eigenvalue weighted by Crippen LogP contribution is -2.56. The minimum atomic E-state index is -3.80. The van der Waals surface area contributed by atoms with E-state index in [-0.39, 0.29) is 18.1 Å². The first-order valence-corrected chi connectivity index (χ1v) is 11.7. The van der Waals surface area contributed by atoms with Crippen molar-refractivity contribution in [3.05, 3.63) is 24.3 Å². The van der Waals surface area contributed by atoms with Crippen LogP contribution in [0.15, 0.2) is 29.2 Å². The number of rotatable bonds is 6. The summed E-state index contributed by atoms with van der Waals surface area (Å²) in [6.45, 7) is 7.06. The zero-order valence-electron chi connectivity index (χ0n) is 18.3. The Morgan fingerprint density at radius 1 is 1.00 bits per heavy atom. The van der Waals surface area contributed by atoms with Crippen molar-refractivity contribution in [3.8, 4) is 0 Å². The second kappa shape index (κ2) is 8.29. The molecule has 178 valence electrons. The van der Waals surface area contributed by atoms with E-state index in [9.17, 15) is 13.2 Å². The summed E-state index contributed by atoms with van der Waals surface area (Å²) in [4.78, 5) is 12.2. The van der Waals surface area contributed by atoms with E-state index in [0.29, 0.717) is 5.69 Å². The predicted molar refractivity (Wildman–Crippen MR) is 110 cm³/mol. The van der Waals surface area contributed by atoms with Crippen LogP contribution in [0.1, 0.15) is 27.7 Å². The summed E-state index contributed by atoms with van der Waals surface area (Å²) in [5, 5.41) is 7.69. The Kier molecular flexibility index (Phi) is 6.09. The van der Waals surface area contributed by atoms with Crippen molar-refractivity contribution in [2.45, 2.75) is 74.9 Å². The van der Waals surface area contributed by atoms with Crippen LogP contribution in [0.25, 0.3) is 0 Å². The number of hydrogen-bond donors (Lipinski definition) is 2. The van der Waals surface area contributed by atoms with Gasteiger partial charge in [0.1, 0.15) is 31.0 Å². The van der Waals surface area contributed by atoms with E-state index >= 15 is 0 Å². The fraction of sp³-hybridized carbons (Fsp3) is 0.650. The maximum Gasteiger partial charge on any atom is 0.250 e. The molecule has 0 bridgehead atoms. The Morgan fingerprint density at radius 3 is 2.25 bits per heavy atom. The van der Waals surface area contributed by atoms with Crippen molar-refractivity contribution in [3.63, 3.8) is 0 Å². The van der Waals surface area contributed by atoms with E-state index in [1.165, 1.54) is 24.3 Å². The van der Waals surface area contributed by atoms with Crippen molar-refractivity contribution >= 4 is 21.6 Å². The number of anilines is 1.